The van der Waals surface area contributed by atoms with E-state index in [1.165, 1.54) is 31.6 Å². The average molecular weight is 691 g/mol. The van der Waals surface area contributed by atoms with Crippen molar-refractivity contribution in [2.24, 2.45) is 11.3 Å². The Kier molecular flexibility index (Phi) is 9.18. The first-order valence-electron chi connectivity index (χ1n) is 15.4. The van der Waals surface area contributed by atoms with E-state index in [2.05, 4.69) is 0 Å². The number of furan rings is 2. The lowest BCUT2D eigenvalue weighted by atomic mass is 9.45. The second kappa shape index (κ2) is 12.6. The summed E-state index contributed by atoms with van der Waals surface area (Å²) in [6.45, 7) is 7.93. The standard InChI is InChI=1S/C33H38O16/c1-16(34)43-15-32-25(45-18(3)36)22(44-17(2)35)12-31(7,40)33(32)26(46-19(4)37)23(30(5,6)49-33)24(47-28(38)20-8-10-41-13-20)27(32)48-29(39)21-9-11-42-14-21/h8-11,13-14,22-27,40H,12,15H2,1-7H3/t22-,23+,24+,25-,26?,27-,31-,32-,33-/m0/s1. The predicted molar refractivity (Wildman–Crippen MR) is 158 cm³/mol. The first kappa shape index (κ1) is 35.6. The monoisotopic (exact) mass is 690 g/mol. The van der Waals surface area contributed by atoms with Crippen LogP contribution >= 0.6 is 0 Å². The molecule has 16 heteroatoms. The maximum absolute atomic E-state index is 13.9. The normalized spacial score (nSPS) is 34.1. The molecule has 9 atom stereocenters. The van der Waals surface area contributed by atoms with Gasteiger partial charge in [0.15, 0.2) is 17.8 Å². The Balaban J connectivity index is 1.90. The van der Waals surface area contributed by atoms with Gasteiger partial charge in [-0.05, 0) is 32.9 Å². The minimum atomic E-state index is -2.34. The van der Waals surface area contributed by atoms with Crippen LogP contribution in [-0.4, -0.2) is 94.9 Å². The van der Waals surface area contributed by atoms with E-state index in [1.807, 2.05) is 0 Å². The molecule has 3 aliphatic rings. The average Bonchev–Trinajstić information content (AvgIpc) is 3.74. The molecular weight excluding hydrogens is 652 g/mol. The van der Waals surface area contributed by atoms with Gasteiger partial charge in [0.05, 0.1) is 40.8 Å². The smallest absolute Gasteiger partial charge is 0.341 e. The van der Waals surface area contributed by atoms with E-state index in [9.17, 15) is 33.9 Å². The molecule has 16 nitrogen and oxygen atoms in total. The molecule has 1 spiro atoms. The van der Waals surface area contributed by atoms with E-state index in [4.69, 9.17) is 42.0 Å². The zero-order chi connectivity index (χ0) is 36.1. The molecule has 266 valence electrons. The van der Waals surface area contributed by atoms with Gasteiger partial charge in [-0.15, -0.1) is 0 Å². The molecule has 0 radical (unpaired) electrons. The fourth-order valence-corrected chi connectivity index (χ4v) is 8.00. The minimum Gasteiger partial charge on any atom is -0.472 e. The third kappa shape index (κ3) is 5.86. The summed E-state index contributed by atoms with van der Waals surface area (Å²) in [4.78, 5) is 78.5. The zero-order valence-electron chi connectivity index (χ0n) is 27.9. The summed E-state index contributed by atoms with van der Waals surface area (Å²) in [5, 5.41) is 12.6. The molecule has 2 bridgehead atoms. The number of esters is 6. The Bertz CT molecular complexity index is 1610. The molecule has 49 heavy (non-hydrogen) atoms. The summed E-state index contributed by atoms with van der Waals surface area (Å²) in [5.74, 6) is -6.66. The Morgan fingerprint density at radius 2 is 1.27 bits per heavy atom. The van der Waals surface area contributed by atoms with Crippen molar-refractivity contribution in [2.45, 2.75) is 102 Å². The third-order valence-electron chi connectivity index (χ3n) is 9.46. The molecule has 1 N–H and O–H groups in total. The fraction of sp³-hybridized carbons (Fsp3) is 0.576. The SMILES string of the molecule is CC(=O)OC[C@]12[C@@H](OC(=O)c3ccoc3)[C@H](OC(=O)c3ccoc3)[C@@H]3C(OC(C)=O)[C@]1(OC3(C)C)[C@@](C)(O)C[C@H](OC(C)=O)[C@@H]2OC(C)=O. The quantitative estimate of drug-likeness (QED) is 0.295. The van der Waals surface area contributed by atoms with Gasteiger partial charge in [-0.25, -0.2) is 9.59 Å². The van der Waals surface area contributed by atoms with Crippen LogP contribution in [0.2, 0.25) is 0 Å². The summed E-state index contributed by atoms with van der Waals surface area (Å²) in [7, 11) is 0. The maximum atomic E-state index is 13.9. The molecule has 1 unspecified atom stereocenters. The molecule has 2 aromatic heterocycles. The van der Waals surface area contributed by atoms with Gasteiger partial charge >= 0.3 is 35.8 Å². The van der Waals surface area contributed by atoms with E-state index in [1.54, 1.807) is 13.8 Å². The van der Waals surface area contributed by atoms with E-state index in [-0.39, 0.29) is 11.1 Å². The van der Waals surface area contributed by atoms with Gasteiger partial charge in [0.1, 0.15) is 42.9 Å². The first-order valence-corrected chi connectivity index (χ1v) is 15.4. The molecule has 1 saturated heterocycles. The van der Waals surface area contributed by atoms with Gasteiger partial charge in [-0.1, -0.05) is 0 Å². The molecule has 1 aliphatic heterocycles. The van der Waals surface area contributed by atoms with E-state index in [0.29, 0.717) is 0 Å². The molecule has 0 amide bonds. The lowest BCUT2D eigenvalue weighted by Crippen LogP contribution is -2.85. The second-order valence-electron chi connectivity index (χ2n) is 13.2. The highest BCUT2D eigenvalue weighted by atomic mass is 16.7. The Morgan fingerprint density at radius 3 is 1.76 bits per heavy atom. The lowest BCUT2D eigenvalue weighted by molar-refractivity contribution is -0.362. The van der Waals surface area contributed by atoms with Crippen LogP contribution in [0.5, 0.6) is 0 Å². The zero-order valence-corrected chi connectivity index (χ0v) is 27.9. The van der Waals surface area contributed by atoms with Gasteiger partial charge in [0.25, 0.3) is 0 Å². The number of rotatable bonds is 9. The van der Waals surface area contributed by atoms with Crippen molar-refractivity contribution in [3.05, 3.63) is 48.3 Å². The van der Waals surface area contributed by atoms with Crippen molar-refractivity contribution >= 4 is 35.8 Å². The topological polar surface area (TPSA) is 214 Å². The Hall–Kier alpha value is -4.70. The van der Waals surface area contributed by atoms with Crippen molar-refractivity contribution in [1.82, 2.24) is 0 Å². The van der Waals surface area contributed by atoms with Crippen molar-refractivity contribution in [2.75, 3.05) is 6.61 Å². The number of fused-ring (bicyclic) bond motifs is 1. The van der Waals surface area contributed by atoms with Crippen molar-refractivity contribution in [3.8, 4) is 0 Å². The number of hydrogen-bond acceptors (Lipinski definition) is 16. The maximum Gasteiger partial charge on any atom is 0.341 e. The van der Waals surface area contributed by atoms with E-state index < -0.39 is 107 Å². The second-order valence-corrected chi connectivity index (χ2v) is 13.2. The van der Waals surface area contributed by atoms with E-state index >= 15 is 0 Å². The molecule has 0 aromatic carbocycles. The summed E-state index contributed by atoms with van der Waals surface area (Å²) in [6.07, 6.45) is -4.11. The highest BCUT2D eigenvalue weighted by Gasteiger charge is 2.89. The summed E-state index contributed by atoms with van der Waals surface area (Å²) in [5.41, 5.74) is -8.43. The molecule has 2 aliphatic carbocycles. The van der Waals surface area contributed by atoms with Crippen LogP contribution in [-0.2, 0) is 52.3 Å². The molecule has 3 heterocycles. The minimum absolute atomic E-state index is 0.0449. The van der Waals surface area contributed by atoms with Crippen molar-refractivity contribution < 1.29 is 75.9 Å². The number of carbonyl (C=O) groups excluding carboxylic acids is 6. The van der Waals surface area contributed by atoms with Crippen molar-refractivity contribution in [3.63, 3.8) is 0 Å². The van der Waals surface area contributed by atoms with Gasteiger partial charge in [-0.3, -0.25) is 19.2 Å². The predicted octanol–water partition coefficient (Wildman–Crippen LogP) is 2.30. The van der Waals surface area contributed by atoms with Gasteiger partial charge in [0.2, 0.25) is 0 Å². The molecule has 3 fully saturated rings. The van der Waals surface area contributed by atoms with Crippen LogP contribution in [0.3, 0.4) is 0 Å². The van der Waals surface area contributed by atoms with Gasteiger partial charge < -0.3 is 47.1 Å². The van der Waals surface area contributed by atoms with E-state index in [0.717, 1.165) is 40.2 Å². The number of aliphatic hydroxyl groups is 1. The van der Waals surface area contributed by atoms with Crippen LogP contribution in [0, 0.1) is 11.3 Å². The van der Waals surface area contributed by atoms with Crippen LogP contribution < -0.4 is 0 Å². The number of hydrogen-bond donors (Lipinski definition) is 1. The highest BCUT2D eigenvalue weighted by molar-refractivity contribution is 5.90. The van der Waals surface area contributed by atoms with Crippen molar-refractivity contribution in [1.29, 1.82) is 0 Å². The Labute approximate surface area is 280 Å². The molecular formula is C33H38O16. The third-order valence-corrected chi connectivity index (χ3v) is 9.46. The highest BCUT2D eigenvalue weighted by Crippen LogP contribution is 2.69. The lowest BCUT2D eigenvalue weighted by Gasteiger charge is -2.66. The van der Waals surface area contributed by atoms with Gasteiger partial charge in [0, 0.05) is 34.1 Å². The molecule has 2 saturated carbocycles. The van der Waals surface area contributed by atoms with Gasteiger partial charge in [-0.2, -0.15) is 0 Å². The van der Waals surface area contributed by atoms with Crippen LogP contribution in [0.4, 0.5) is 0 Å². The summed E-state index contributed by atoms with van der Waals surface area (Å²) < 4.78 is 52.4. The number of carbonyl (C=O) groups is 6. The molecule has 2 aromatic rings. The fourth-order valence-electron chi connectivity index (χ4n) is 8.00. The first-order chi connectivity index (χ1) is 22.9. The summed E-state index contributed by atoms with van der Waals surface area (Å²) >= 11 is 0. The Morgan fingerprint density at radius 1 is 0.735 bits per heavy atom. The van der Waals surface area contributed by atoms with Crippen LogP contribution in [0.25, 0.3) is 0 Å². The van der Waals surface area contributed by atoms with Crippen LogP contribution in [0.15, 0.2) is 46.0 Å². The number of ether oxygens (including phenoxy) is 7. The van der Waals surface area contributed by atoms with Crippen LogP contribution in [0.1, 0.15) is 75.6 Å². The largest absolute Gasteiger partial charge is 0.472 e. The summed E-state index contributed by atoms with van der Waals surface area (Å²) in [6, 6.07) is 2.62. The molecule has 5 rings (SSSR count).